The van der Waals surface area contributed by atoms with E-state index in [1.165, 1.54) is 35.9 Å². The first-order chi connectivity index (χ1) is 15.1. The van der Waals surface area contributed by atoms with Crippen LogP contribution in [-0.2, 0) is 11.2 Å². The Kier molecular flexibility index (Phi) is 7.03. The first-order valence-corrected chi connectivity index (χ1v) is 12.3. The number of benzene rings is 1. The maximum absolute atomic E-state index is 12.5. The molecular weight excluding hydrogens is 430 g/mol. The fourth-order valence-corrected chi connectivity index (χ4v) is 5.37. The van der Waals surface area contributed by atoms with Gasteiger partial charge in [0, 0.05) is 28.6 Å². The first-order valence-electron chi connectivity index (χ1n) is 10.4. The number of hydrogen-bond acceptors (Lipinski definition) is 6. The van der Waals surface area contributed by atoms with E-state index >= 15 is 0 Å². The summed E-state index contributed by atoms with van der Waals surface area (Å²) in [5.41, 5.74) is 6.29. The fraction of sp³-hybridized carbons (Fsp3) is 0.364. The molecule has 3 aromatic rings. The molecule has 0 bridgehead atoms. The van der Waals surface area contributed by atoms with Gasteiger partial charge in [-0.2, -0.15) is 0 Å². The lowest BCUT2D eigenvalue weighted by atomic mass is 9.95. The minimum Gasteiger partial charge on any atom is -0.366 e. The second kappa shape index (κ2) is 10.1. The summed E-state index contributed by atoms with van der Waals surface area (Å²) in [6.07, 6.45) is 6.72. The van der Waals surface area contributed by atoms with E-state index in [0.717, 1.165) is 30.2 Å². The van der Waals surface area contributed by atoms with Crippen LogP contribution in [0.2, 0.25) is 0 Å². The third kappa shape index (κ3) is 5.54. The summed E-state index contributed by atoms with van der Waals surface area (Å²) in [5, 5.41) is 14.6. The molecule has 1 aliphatic carbocycles. The van der Waals surface area contributed by atoms with E-state index in [-0.39, 0.29) is 11.7 Å². The Labute approximate surface area is 189 Å². The van der Waals surface area contributed by atoms with Crippen LogP contribution in [-0.4, -0.2) is 32.3 Å². The normalized spacial score (nSPS) is 14.5. The molecule has 9 heteroatoms. The summed E-state index contributed by atoms with van der Waals surface area (Å²) < 4.78 is 2.26. The molecule has 7 nitrogen and oxygen atoms in total. The Hall–Kier alpha value is -2.65. The lowest BCUT2D eigenvalue weighted by molar-refractivity contribution is -0.113. The number of nitrogens with zero attached hydrogens (tertiary/aromatic N) is 3. The van der Waals surface area contributed by atoms with Crippen LogP contribution in [0.3, 0.4) is 0 Å². The van der Waals surface area contributed by atoms with E-state index in [4.69, 9.17) is 5.73 Å². The highest BCUT2D eigenvalue weighted by Crippen LogP contribution is 2.33. The van der Waals surface area contributed by atoms with Crippen molar-refractivity contribution in [1.29, 1.82) is 0 Å². The van der Waals surface area contributed by atoms with E-state index in [1.807, 2.05) is 0 Å². The van der Waals surface area contributed by atoms with E-state index in [0.29, 0.717) is 17.3 Å². The average molecular weight is 456 g/mol. The van der Waals surface area contributed by atoms with Crippen LogP contribution in [0.15, 0.2) is 46.9 Å². The number of amides is 2. The van der Waals surface area contributed by atoms with Crippen molar-refractivity contribution in [3.63, 3.8) is 0 Å². The number of anilines is 1. The summed E-state index contributed by atoms with van der Waals surface area (Å²) >= 11 is 3.14. The fourth-order valence-electron chi connectivity index (χ4n) is 3.85. The van der Waals surface area contributed by atoms with Gasteiger partial charge in [0.2, 0.25) is 11.8 Å². The number of carbonyl (C=O) groups is 2. The van der Waals surface area contributed by atoms with Crippen LogP contribution in [0.1, 0.15) is 59.2 Å². The standard InChI is InChI=1S/C22H25N5O2S2/c23-21(29)15-8-10-16(11-9-15)24-20(28)14-31-22-26-25-19(13-18-7-4-12-30-18)27(22)17-5-2-1-3-6-17/h4,7-12,17H,1-3,5-6,13-14H2,(H2,23,29)(H,24,28). The number of aromatic nitrogens is 3. The second-order valence-corrected chi connectivity index (χ2v) is 9.57. The molecule has 0 radical (unpaired) electrons. The zero-order chi connectivity index (χ0) is 21.6. The number of thiophene rings is 1. The molecule has 4 rings (SSSR count). The van der Waals surface area contributed by atoms with Crippen molar-refractivity contribution in [2.24, 2.45) is 5.73 Å². The van der Waals surface area contributed by atoms with Crippen molar-refractivity contribution in [3.05, 3.63) is 58.0 Å². The van der Waals surface area contributed by atoms with Gasteiger partial charge in [0.05, 0.1) is 5.75 Å². The van der Waals surface area contributed by atoms with Gasteiger partial charge < -0.3 is 15.6 Å². The quantitative estimate of drug-likeness (QED) is 0.494. The Balaban J connectivity index is 1.43. The Morgan fingerprint density at radius 1 is 1.13 bits per heavy atom. The van der Waals surface area contributed by atoms with Crippen LogP contribution < -0.4 is 11.1 Å². The van der Waals surface area contributed by atoms with Gasteiger partial charge in [-0.3, -0.25) is 9.59 Å². The van der Waals surface area contributed by atoms with E-state index in [2.05, 4.69) is 37.6 Å². The molecule has 0 spiro atoms. The van der Waals surface area contributed by atoms with Gasteiger partial charge in [-0.25, -0.2) is 0 Å². The highest BCUT2D eigenvalue weighted by atomic mass is 32.2. The van der Waals surface area contributed by atoms with Crippen LogP contribution >= 0.6 is 23.1 Å². The maximum Gasteiger partial charge on any atom is 0.248 e. The highest BCUT2D eigenvalue weighted by molar-refractivity contribution is 7.99. The SMILES string of the molecule is NC(=O)c1ccc(NC(=O)CSc2nnc(Cc3cccs3)n2C2CCCCC2)cc1. The third-order valence-electron chi connectivity index (χ3n) is 5.37. The molecule has 1 saturated carbocycles. The molecule has 0 aliphatic heterocycles. The van der Waals surface area contributed by atoms with Gasteiger partial charge in [-0.05, 0) is 48.6 Å². The Bertz CT molecular complexity index is 1020. The minimum absolute atomic E-state index is 0.130. The van der Waals surface area contributed by atoms with E-state index in [9.17, 15) is 9.59 Å². The molecule has 3 N–H and O–H groups in total. The van der Waals surface area contributed by atoms with Crippen LogP contribution in [0.4, 0.5) is 5.69 Å². The summed E-state index contributed by atoms with van der Waals surface area (Å²) in [6.45, 7) is 0. The van der Waals surface area contributed by atoms with E-state index < -0.39 is 5.91 Å². The summed E-state index contributed by atoms with van der Waals surface area (Å²) in [4.78, 5) is 24.9. The van der Waals surface area contributed by atoms with Crippen molar-refractivity contribution in [1.82, 2.24) is 14.8 Å². The third-order valence-corrected chi connectivity index (χ3v) is 7.19. The van der Waals surface area contributed by atoms with Gasteiger partial charge in [0.15, 0.2) is 5.16 Å². The number of hydrogen-bond donors (Lipinski definition) is 2. The molecular formula is C22H25N5O2S2. The average Bonchev–Trinajstić information content (AvgIpc) is 3.43. The lowest BCUT2D eigenvalue weighted by Gasteiger charge is -2.25. The lowest BCUT2D eigenvalue weighted by Crippen LogP contribution is -2.18. The van der Waals surface area contributed by atoms with Crippen molar-refractivity contribution in [3.8, 4) is 0 Å². The molecule has 1 aliphatic rings. The van der Waals surface area contributed by atoms with Gasteiger partial charge >= 0.3 is 0 Å². The minimum atomic E-state index is -0.492. The van der Waals surface area contributed by atoms with Crippen molar-refractivity contribution >= 4 is 40.6 Å². The molecule has 0 unspecified atom stereocenters. The predicted octanol–water partition coefficient (Wildman–Crippen LogP) is 4.27. The number of rotatable bonds is 8. The topological polar surface area (TPSA) is 103 Å². The zero-order valence-corrected chi connectivity index (χ0v) is 18.8. The summed E-state index contributed by atoms with van der Waals surface area (Å²) in [6, 6.07) is 11.1. The molecule has 162 valence electrons. The van der Waals surface area contributed by atoms with Gasteiger partial charge in [-0.1, -0.05) is 37.1 Å². The largest absolute Gasteiger partial charge is 0.366 e. The van der Waals surface area contributed by atoms with Crippen LogP contribution in [0, 0.1) is 0 Å². The van der Waals surface area contributed by atoms with Crippen LogP contribution in [0.5, 0.6) is 0 Å². The number of primary amides is 1. The van der Waals surface area contributed by atoms with Crippen LogP contribution in [0.25, 0.3) is 0 Å². The molecule has 2 heterocycles. The molecule has 2 aromatic heterocycles. The summed E-state index contributed by atoms with van der Waals surface area (Å²) in [7, 11) is 0. The molecule has 0 atom stereocenters. The van der Waals surface area contributed by atoms with Gasteiger partial charge in [0.25, 0.3) is 0 Å². The predicted molar refractivity (Wildman–Crippen MR) is 124 cm³/mol. The summed E-state index contributed by atoms with van der Waals surface area (Å²) in [5.74, 6) is 0.587. The molecule has 1 aromatic carbocycles. The first kappa shape index (κ1) is 21.6. The van der Waals surface area contributed by atoms with Crippen molar-refractivity contribution in [2.45, 2.75) is 49.7 Å². The molecule has 0 saturated heterocycles. The smallest absolute Gasteiger partial charge is 0.248 e. The zero-order valence-electron chi connectivity index (χ0n) is 17.1. The number of thioether (sulfide) groups is 1. The Morgan fingerprint density at radius 3 is 2.58 bits per heavy atom. The molecule has 31 heavy (non-hydrogen) atoms. The van der Waals surface area contributed by atoms with Crippen molar-refractivity contribution in [2.75, 3.05) is 11.1 Å². The number of nitrogens with two attached hydrogens (primary N) is 1. The molecule has 2 amide bonds. The van der Waals surface area contributed by atoms with Gasteiger partial charge in [-0.15, -0.1) is 21.5 Å². The maximum atomic E-state index is 12.5. The number of carbonyl (C=O) groups excluding carboxylic acids is 2. The highest BCUT2D eigenvalue weighted by Gasteiger charge is 2.23. The number of nitrogens with one attached hydrogen (secondary N) is 1. The monoisotopic (exact) mass is 455 g/mol. The van der Waals surface area contributed by atoms with Crippen molar-refractivity contribution < 1.29 is 9.59 Å². The van der Waals surface area contributed by atoms with E-state index in [1.54, 1.807) is 35.6 Å². The van der Waals surface area contributed by atoms with Gasteiger partial charge in [0.1, 0.15) is 5.82 Å². The Morgan fingerprint density at radius 2 is 1.90 bits per heavy atom. The molecule has 1 fully saturated rings. The second-order valence-electron chi connectivity index (χ2n) is 7.60.